The fourth-order valence-corrected chi connectivity index (χ4v) is 4.05. The Balaban J connectivity index is 1.77. The van der Waals surface area contributed by atoms with E-state index in [1.54, 1.807) is 6.20 Å². The van der Waals surface area contributed by atoms with E-state index in [9.17, 15) is 4.79 Å². The SMILES string of the molecule is CCCCCCCCCCCCCCCCCCOCCCc1c[nH]c(CO)cc1=O. The molecule has 0 aromatic carbocycles. The molecule has 0 saturated carbocycles. The van der Waals surface area contributed by atoms with Crippen LogP contribution in [0.2, 0.25) is 0 Å². The van der Waals surface area contributed by atoms with Crippen molar-refractivity contribution in [3.63, 3.8) is 0 Å². The number of hydrogen-bond acceptors (Lipinski definition) is 3. The van der Waals surface area contributed by atoms with Crippen LogP contribution in [0.4, 0.5) is 0 Å². The highest BCUT2D eigenvalue weighted by molar-refractivity contribution is 5.14. The lowest BCUT2D eigenvalue weighted by Crippen LogP contribution is -2.11. The fraction of sp³-hybridized carbons (Fsp3) is 0.815. The van der Waals surface area contributed by atoms with Crippen LogP contribution in [0.15, 0.2) is 17.1 Å². The molecular formula is C27H49NO3. The highest BCUT2D eigenvalue weighted by Crippen LogP contribution is 2.13. The molecule has 1 rings (SSSR count). The van der Waals surface area contributed by atoms with E-state index in [-0.39, 0.29) is 12.0 Å². The van der Waals surface area contributed by atoms with E-state index in [1.165, 1.54) is 102 Å². The van der Waals surface area contributed by atoms with Crippen molar-refractivity contribution in [3.8, 4) is 0 Å². The van der Waals surface area contributed by atoms with Gasteiger partial charge in [-0.2, -0.15) is 0 Å². The zero-order valence-electron chi connectivity index (χ0n) is 20.3. The summed E-state index contributed by atoms with van der Waals surface area (Å²) < 4.78 is 5.71. The zero-order chi connectivity index (χ0) is 22.4. The Labute approximate surface area is 191 Å². The van der Waals surface area contributed by atoms with E-state index in [0.29, 0.717) is 12.3 Å². The number of aliphatic hydroxyl groups is 1. The van der Waals surface area contributed by atoms with Crippen LogP contribution in [-0.4, -0.2) is 23.3 Å². The van der Waals surface area contributed by atoms with Crippen LogP contribution in [-0.2, 0) is 17.8 Å². The molecular weight excluding hydrogens is 386 g/mol. The van der Waals surface area contributed by atoms with Crippen molar-refractivity contribution < 1.29 is 9.84 Å². The number of aromatic nitrogens is 1. The van der Waals surface area contributed by atoms with Crippen molar-refractivity contribution >= 4 is 0 Å². The maximum atomic E-state index is 11.9. The molecule has 0 aliphatic carbocycles. The Morgan fingerprint density at radius 2 is 1.23 bits per heavy atom. The van der Waals surface area contributed by atoms with E-state index in [0.717, 1.165) is 31.4 Å². The number of aryl methyl sites for hydroxylation is 1. The molecule has 0 atom stereocenters. The molecule has 0 aliphatic heterocycles. The molecule has 2 N–H and O–H groups in total. The predicted molar refractivity (Wildman–Crippen MR) is 132 cm³/mol. The second kappa shape index (κ2) is 20.8. The maximum Gasteiger partial charge on any atom is 0.185 e. The van der Waals surface area contributed by atoms with Crippen molar-refractivity contribution in [1.82, 2.24) is 4.98 Å². The Morgan fingerprint density at radius 3 is 1.71 bits per heavy atom. The van der Waals surface area contributed by atoms with Crippen molar-refractivity contribution in [1.29, 1.82) is 0 Å². The molecule has 31 heavy (non-hydrogen) atoms. The van der Waals surface area contributed by atoms with E-state index in [1.807, 2.05) is 0 Å². The minimum absolute atomic E-state index is 0.000560. The first-order valence-corrected chi connectivity index (χ1v) is 13.2. The summed E-state index contributed by atoms with van der Waals surface area (Å²) in [7, 11) is 0. The van der Waals surface area contributed by atoms with Gasteiger partial charge in [0, 0.05) is 36.7 Å². The van der Waals surface area contributed by atoms with Gasteiger partial charge in [-0.25, -0.2) is 0 Å². The number of unbranched alkanes of at least 4 members (excludes halogenated alkanes) is 15. The molecule has 0 fully saturated rings. The van der Waals surface area contributed by atoms with E-state index in [4.69, 9.17) is 9.84 Å². The minimum atomic E-state index is -0.127. The first-order valence-electron chi connectivity index (χ1n) is 13.2. The van der Waals surface area contributed by atoms with Crippen LogP contribution in [0.3, 0.4) is 0 Å². The zero-order valence-corrected chi connectivity index (χ0v) is 20.3. The quantitative estimate of drug-likeness (QED) is 0.191. The molecule has 4 nitrogen and oxygen atoms in total. The van der Waals surface area contributed by atoms with Crippen molar-refractivity contribution in [2.24, 2.45) is 0 Å². The molecule has 0 radical (unpaired) electrons. The van der Waals surface area contributed by atoms with Gasteiger partial charge in [0.1, 0.15) is 0 Å². The number of aliphatic hydroxyl groups excluding tert-OH is 1. The molecule has 180 valence electrons. The highest BCUT2D eigenvalue weighted by atomic mass is 16.5. The number of H-pyrrole nitrogens is 1. The van der Waals surface area contributed by atoms with Crippen LogP contribution < -0.4 is 5.43 Å². The van der Waals surface area contributed by atoms with Gasteiger partial charge in [0.25, 0.3) is 0 Å². The summed E-state index contributed by atoms with van der Waals surface area (Å²) in [5.41, 5.74) is 1.33. The lowest BCUT2D eigenvalue weighted by Gasteiger charge is -2.05. The summed E-state index contributed by atoms with van der Waals surface area (Å²) in [5, 5.41) is 9.01. The summed E-state index contributed by atoms with van der Waals surface area (Å²) >= 11 is 0. The van der Waals surface area contributed by atoms with Crippen LogP contribution in [0.25, 0.3) is 0 Å². The number of aromatic amines is 1. The van der Waals surface area contributed by atoms with Gasteiger partial charge in [-0.3, -0.25) is 4.79 Å². The molecule has 0 saturated heterocycles. The Hall–Kier alpha value is -1.13. The third-order valence-corrected chi connectivity index (χ3v) is 6.10. The molecule has 1 heterocycles. The third-order valence-electron chi connectivity index (χ3n) is 6.10. The third kappa shape index (κ3) is 16.2. The van der Waals surface area contributed by atoms with Gasteiger partial charge in [-0.05, 0) is 19.3 Å². The molecule has 1 aromatic heterocycles. The summed E-state index contributed by atoms with van der Waals surface area (Å²) in [6.07, 6.45) is 25.5. The van der Waals surface area contributed by atoms with Gasteiger partial charge in [0.2, 0.25) is 0 Å². The maximum absolute atomic E-state index is 11.9. The normalized spacial score (nSPS) is 11.3. The standard InChI is InChI=1S/C27H49NO3/c1-2-3-4-5-6-7-8-9-10-11-12-13-14-15-16-17-20-31-21-18-19-25-23-28-26(24-29)22-27(25)30/h22-23,29H,2-21,24H2,1H3,(H,28,30). The lowest BCUT2D eigenvalue weighted by atomic mass is 10.0. The molecule has 0 aliphatic rings. The van der Waals surface area contributed by atoms with Gasteiger partial charge in [-0.15, -0.1) is 0 Å². The fourth-order valence-electron chi connectivity index (χ4n) is 4.05. The largest absolute Gasteiger partial charge is 0.390 e. The summed E-state index contributed by atoms with van der Waals surface area (Å²) in [5.74, 6) is 0. The summed E-state index contributed by atoms with van der Waals surface area (Å²) in [4.78, 5) is 14.8. The lowest BCUT2D eigenvalue weighted by molar-refractivity contribution is 0.127. The van der Waals surface area contributed by atoms with Gasteiger partial charge in [0.15, 0.2) is 5.43 Å². The van der Waals surface area contributed by atoms with Gasteiger partial charge < -0.3 is 14.8 Å². The van der Waals surface area contributed by atoms with Gasteiger partial charge in [-0.1, -0.05) is 103 Å². The molecule has 0 unspecified atom stereocenters. The first-order chi connectivity index (χ1) is 15.3. The molecule has 0 bridgehead atoms. The predicted octanol–water partition coefficient (Wildman–Crippen LogP) is 7.08. The monoisotopic (exact) mass is 435 g/mol. The van der Waals surface area contributed by atoms with Crippen molar-refractivity contribution in [3.05, 3.63) is 33.7 Å². The van der Waals surface area contributed by atoms with Gasteiger partial charge >= 0.3 is 0 Å². The number of rotatable bonds is 22. The summed E-state index contributed by atoms with van der Waals surface area (Å²) in [6, 6.07) is 1.48. The average molecular weight is 436 g/mol. The number of hydrogen-bond donors (Lipinski definition) is 2. The Kier molecular flexibility index (Phi) is 18.7. The van der Waals surface area contributed by atoms with E-state index in [2.05, 4.69) is 11.9 Å². The van der Waals surface area contributed by atoms with Crippen LogP contribution in [0, 0.1) is 0 Å². The smallest absolute Gasteiger partial charge is 0.185 e. The Bertz CT molecular complexity index is 570. The summed E-state index contributed by atoms with van der Waals surface area (Å²) in [6.45, 7) is 3.70. The average Bonchev–Trinajstić information content (AvgIpc) is 2.78. The van der Waals surface area contributed by atoms with Crippen LogP contribution >= 0.6 is 0 Å². The molecule has 1 aromatic rings. The molecule has 0 amide bonds. The first kappa shape index (κ1) is 27.9. The minimum Gasteiger partial charge on any atom is -0.390 e. The van der Waals surface area contributed by atoms with Crippen molar-refractivity contribution in [2.75, 3.05) is 13.2 Å². The van der Waals surface area contributed by atoms with E-state index >= 15 is 0 Å². The highest BCUT2D eigenvalue weighted by Gasteiger charge is 2.01. The Morgan fingerprint density at radius 1 is 0.742 bits per heavy atom. The van der Waals surface area contributed by atoms with Crippen molar-refractivity contribution in [2.45, 2.75) is 129 Å². The topological polar surface area (TPSA) is 62.3 Å². The number of pyridine rings is 1. The number of ether oxygens (including phenoxy) is 1. The second-order valence-corrected chi connectivity index (χ2v) is 9.03. The van der Waals surface area contributed by atoms with Gasteiger partial charge in [0.05, 0.1) is 6.61 Å². The molecule has 0 spiro atoms. The number of nitrogens with one attached hydrogen (secondary N) is 1. The second-order valence-electron chi connectivity index (χ2n) is 9.03. The molecule has 4 heteroatoms. The van der Waals surface area contributed by atoms with E-state index < -0.39 is 0 Å². The van der Waals surface area contributed by atoms with Crippen LogP contribution in [0.5, 0.6) is 0 Å². The van der Waals surface area contributed by atoms with Crippen LogP contribution in [0.1, 0.15) is 127 Å².